The number of carbonyl (C=O) groups is 1. The standard InChI is InChI=1S/C18H28N2O/c1-14-7-8-17(13-15(14)2)16(3)19-10-9-18(21)20-11-5-4-6-12-20/h7-8,13,16,19H,4-6,9-12H2,1-3H3. The largest absolute Gasteiger partial charge is 0.343 e. The highest BCUT2D eigenvalue weighted by molar-refractivity contribution is 5.76. The summed E-state index contributed by atoms with van der Waals surface area (Å²) in [5.41, 5.74) is 3.94. The molecule has 3 nitrogen and oxygen atoms in total. The Labute approximate surface area is 128 Å². The lowest BCUT2D eigenvalue weighted by molar-refractivity contribution is -0.132. The minimum absolute atomic E-state index is 0.290. The molecule has 0 aromatic heterocycles. The summed E-state index contributed by atoms with van der Waals surface area (Å²) >= 11 is 0. The molecule has 0 saturated carbocycles. The van der Waals surface area contributed by atoms with Crippen molar-refractivity contribution in [2.75, 3.05) is 19.6 Å². The first-order valence-corrected chi connectivity index (χ1v) is 8.16. The number of hydrogen-bond acceptors (Lipinski definition) is 2. The summed E-state index contributed by atoms with van der Waals surface area (Å²) in [6.45, 7) is 9.09. The summed E-state index contributed by atoms with van der Waals surface area (Å²) in [6.07, 6.45) is 4.21. The van der Waals surface area contributed by atoms with Crippen molar-refractivity contribution in [3.63, 3.8) is 0 Å². The van der Waals surface area contributed by atoms with Gasteiger partial charge in [0.25, 0.3) is 0 Å². The van der Waals surface area contributed by atoms with Crippen LogP contribution in [0.15, 0.2) is 18.2 Å². The van der Waals surface area contributed by atoms with Gasteiger partial charge in [0.2, 0.25) is 5.91 Å². The van der Waals surface area contributed by atoms with Gasteiger partial charge in [-0.2, -0.15) is 0 Å². The predicted octanol–water partition coefficient (Wildman–Crippen LogP) is 3.36. The molecular weight excluding hydrogens is 260 g/mol. The zero-order valence-corrected chi connectivity index (χ0v) is 13.6. The van der Waals surface area contributed by atoms with Crippen molar-refractivity contribution in [3.8, 4) is 0 Å². The molecule has 1 heterocycles. The van der Waals surface area contributed by atoms with Crippen LogP contribution in [0.25, 0.3) is 0 Å². The third-order valence-corrected chi connectivity index (χ3v) is 4.53. The van der Waals surface area contributed by atoms with Gasteiger partial charge in [0.05, 0.1) is 0 Å². The number of likely N-dealkylation sites (tertiary alicyclic amines) is 1. The van der Waals surface area contributed by atoms with Crippen LogP contribution in [0.4, 0.5) is 0 Å². The molecule has 0 spiro atoms. The van der Waals surface area contributed by atoms with Crippen LogP contribution < -0.4 is 5.32 Å². The van der Waals surface area contributed by atoms with Gasteiger partial charge in [0, 0.05) is 32.1 Å². The first-order chi connectivity index (χ1) is 10.1. The fourth-order valence-electron chi connectivity index (χ4n) is 2.85. The Morgan fingerprint density at radius 1 is 1.19 bits per heavy atom. The highest BCUT2D eigenvalue weighted by Crippen LogP contribution is 2.17. The molecule has 1 N–H and O–H groups in total. The average Bonchev–Trinajstić information content (AvgIpc) is 2.50. The summed E-state index contributed by atoms with van der Waals surface area (Å²) < 4.78 is 0. The van der Waals surface area contributed by atoms with Gasteiger partial charge in [-0.3, -0.25) is 4.79 Å². The number of piperidine rings is 1. The average molecular weight is 288 g/mol. The Bertz CT molecular complexity index is 478. The molecular formula is C18H28N2O. The van der Waals surface area contributed by atoms with E-state index in [0.717, 1.165) is 32.5 Å². The molecule has 1 aliphatic heterocycles. The van der Waals surface area contributed by atoms with Crippen molar-refractivity contribution >= 4 is 5.91 Å². The molecule has 0 bridgehead atoms. The van der Waals surface area contributed by atoms with E-state index < -0.39 is 0 Å². The van der Waals surface area contributed by atoms with Crippen LogP contribution in [0.5, 0.6) is 0 Å². The van der Waals surface area contributed by atoms with Crippen molar-refractivity contribution in [3.05, 3.63) is 34.9 Å². The van der Waals surface area contributed by atoms with Gasteiger partial charge in [-0.05, 0) is 56.7 Å². The van der Waals surface area contributed by atoms with Crippen LogP contribution in [0.3, 0.4) is 0 Å². The van der Waals surface area contributed by atoms with Crippen LogP contribution in [0, 0.1) is 13.8 Å². The molecule has 0 aliphatic carbocycles. The molecule has 1 aromatic carbocycles. The lowest BCUT2D eigenvalue weighted by Crippen LogP contribution is -2.37. The molecule has 1 fully saturated rings. The zero-order chi connectivity index (χ0) is 15.2. The topological polar surface area (TPSA) is 32.3 Å². The summed E-state index contributed by atoms with van der Waals surface area (Å²) in [5.74, 6) is 0.300. The Hall–Kier alpha value is -1.35. The van der Waals surface area contributed by atoms with Crippen LogP contribution in [-0.4, -0.2) is 30.4 Å². The molecule has 21 heavy (non-hydrogen) atoms. The minimum atomic E-state index is 0.290. The predicted molar refractivity (Wildman–Crippen MR) is 87.4 cm³/mol. The van der Waals surface area contributed by atoms with E-state index in [-0.39, 0.29) is 0 Å². The number of nitrogens with zero attached hydrogens (tertiary/aromatic N) is 1. The third kappa shape index (κ3) is 4.57. The molecule has 1 atom stereocenters. The number of amides is 1. The molecule has 1 aliphatic rings. The Kier molecular flexibility index (Phi) is 5.80. The first kappa shape index (κ1) is 16.0. The van der Waals surface area contributed by atoms with Gasteiger partial charge >= 0.3 is 0 Å². The van der Waals surface area contributed by atoms with Crippen molar-refractivity contribution < 1.29 is 4.79 Å². The second-order valence-corrected chi connectivity index (χ2v) is 6.21. The molecule has 2 rings (SSSR count). The number of rotatable bonds is 5. The molecule has 0 radical (unpaired) electrons. The number of benzene rings is 1. The second kappa shape index (κ2) is 7.60. The van der Waals surface area contributed by atoms with Crippen molar-refractivity contribution in [2.45, 2.75) is 52.5 Å². The third-order valence-electron chi connectivity index (χ3n) is 4.53. The summed E-state index contributed by atoms with van der Waals surface area (Å²) in [7, 11) is 0. The highest BCUT2D eigenvalue weighted by Gasteiger charge is 2.16. The fourth-order valence-corrected chi connectivity index (χ4v) is 2.85. The molecule has 1 aromatic rings. The summed E-state index contributed by atoms with van der Waals surface area (Å²) in [5, 5.41) is 3.47. The van der Waals surface area contributed by atoms with Crippen molar-refractivity contribution in [1.82, 2.24) is 10.2 Å². The van der Waals surface area contributed by atoms with E-state index in [9.17, 15) is 4.79 Å². The normalized spacial score (nSPS) is 16.8. The van der Waals surface area contributed by atoms with Gasteiger partial charge in [0.15, 0.2) is 0 Å². The van der Waals surface area contributed by atoms with Gasteiger partial charge in [-0.25, -0.2) is 0 Å². The van der Waals surface area contributed by atoms with Crippen molar-refractivity contribution in [2.24, 2.45) is 0 Å². The van der Waals surface area contributed by atoms with Gasteiger partial charge in [-0.15, -0.1) is 0 Å². The molecule has 116 valence electrons. The van der Waals surface area contributed by atoms with Gasteiger partial charge < -0.3 is 10.2 Å². The zero-order valence-electron chi connectivity index (χ0n) is 13.6. The lowest BCUT2D eigenvalue weighted by Gasteiger charge is -2.27. The van der Waals surface area contributed by atoms with Gasteiger partial charge in [-0.1, -0.05) is 18.2 Å². The lowest BCUT2D eigenvalue weighted by atomic mass is 10.0. The summed E-state index contributed by atoms with van der Waals surface area (Å²) in [4.78, 5) is 14.1. The highest BCUT2D eigenvalue weighted by atomic mass is 16.2. The van der Waals surface area contributed by atoms with E-state index in [0.29, 0.717) is 18.4 Å². The molecule has 1 saturated heterocycles. The second-order valence-electron chi connectivity index (χ2n) is 6.21. The maximum Gasteiger partial charge on any atom is 0.223 e. The number of hydrogen-bond donors (Lipinski definition) is 1. The maximum absolute atomic E-state index is 12.1. The Morgan fingerprint density at radius 2 is 1.90 bits per heavy atom. The van der Waals surface area contributed by atoms with E-state index in [1.54, 1.807) is 0 Å². The first-order valence-electron chi connectivity index (χ1n) is 8.16. The van der Waals surface area contributed by atoms with Crippen LogP contribution in [0.1, 0.15) is 55.3 Å². The Morgan fingerprint density at radius 3 is 2.57 bits per heavy atom. The van der Waals surface area contributed by atoms with Crippen molar-refractivity contribution in [1.29, 1.82) is 0 Å². The Balaban J connectivity index is 1.76. The van der Waals surface area contributed by atoms with Gasteiger partial charge in [0.1, 0.15) is 0 Å². The van der Waals surface area contributed by atoms with E-state index in [1.165, 1.54) is 23.1 Å². The number of aryl methyl sites for hydroxylation is 2. The number of nitrogens with one attached hydrogen (secondary N) is 1. The monoisotopic (exact) mass is 288 g/mol. The van der Waals surface area contributed by atoms with E-state index in [4.69, 9.17) is 0 Å². The van der Waals surface area contributed by atoms with Crippen LogP contribution in [-0.2, 0) is 4.79 Å². The molecule has 3 heteroatoms. The molecule has 1 unspecified atom stereocenters. The minimum Gasteiger partial charge on any atom is -0.343 e. The van der Waals surface area contributed by atoms with E-state index in [2.05, 4.69) is 44.3 Å². The fraction of sp³-hybridized carbons (Fsp3) is 0.611. The van der Waals surface area contributed by atoms with Crippen LogP contribution >= 0.6 is 0 Å². The smallest absolute Gasteiger partial charge is 0.223 e. The quantitative estimate of drug-likeness (QED) is 0.901. The van der Waals surface area contributed by atoms with Crippen LogP contribution in [0.2, 0.25) is 0 Å². The maximum atomic E-state index is 12.1. The molecule has 1 amide bonds. The van der Waals surface area contributed by atoms with E-state index >= 15 is 0 Å². The SMILES string of the molecule is Cc1ccc(C(C)NCCC(=O)N2CCCCC2)cc1C. The number of carbonyl (C=O) groups excluding carboxylic acids is 1. The van der Waals surface area contributed by atoms with E-state index in [1.807, 2.05) is 4.90 Å². The summed E-state index contributed by atoms with van der Waals surface area (Å²) in [6, 6.07) is 6.87.